The van der Waals surface area contributed by atoms with Gasteiger partial charge in [-0.3, -0.25) is 4.79 Å². The molecule has 0 aliphatic heterocycles. The molecule has 5 N–H and O–H groups in total. The first kappa shape index (κ1) is 55.0. The quantitative estimate of drug-likeness (QED) is 0.0311. The van der Waals surface area contributed by atoms with Gasteiger partial charge in [0.15, 0.2) is 0 Å². The van der Waals surface area contributed by atoms with Gasteiger partial charge in [-0.15, -0.1) is 0 Å². The van der Waals surface area contributed by atoms with Crippen LogP contribution < -0.4 is 5.32 Å². The Morgan fingerprint density at radius 3 is 1.07 bits per heavy atom. The monoisotopic (exact) mass is 794 g/mol. The third-order valence-corrected chi connectivity index (χ3v) is 12.0. The minimum absolute atomic E-state index is 0.368. The molecule has 0 radical (unpaired) electrons. The average Bonchev–Trinajstić information content (AvgIpc) is 3.20. The summed E-state index contributed by atoms with van der Waals surface area (Å²) in [6.45, 7) is 4.07. The van der Waals surface area contributed by atoms with E-state index in [-0.39, 0.29) is 0 Å². The van der Waals surface area contributed by atoms with Crippen LogP contribution in [0.15, 0.2) is 12.2 Å². The Bertz CT molecular complexity index is 806. The molecule has 4 atom stereocenters. The molecule has 6 heteroatoms. The van der Waals surface area contributed by atoms with Gasteiger partial charge in [-0.1, -0.05) is 244 Å². The lowest BCUT2D eigenvalue weighted by Gasteiger charge is -2.27. The van der Waals surface area contributed by atoms with Gasteiger partial charge in [-0.25, -0.2) is 0 Å². The predicted octanol–water partition coefficient (Wildman–Crippen LogP) is 13.7. The molecular weight excluding hydrogens is 695 g/mol. The minimum Gasteiger partial charge on any atom is -0.394 e. The van der Waals surface area contributed by atoms with Crippen LogP contribution in [0.2, 0.25) is 0 Å². The molecule has 0 aliphatic carbocycles. The van der Waals surface area contributed by atoms with Crippen LogP contribution in [-0.4, -0.2) is 57.3 Å². The highest BCUT2D eigenvalue weighted by Gasteiger charge is 2.28. The van der Waals surface area contributed by atoms with Crippen molar-refractivity contribution >= 4 is 5.91 Å². The zero-order valence-electron chi connectivity index (χ0n) is 37.7. The van der Waals surface area contributed by atoms with E-state index >= 15 is 0 Å². The summed E-state index contributed by atoms with van der Waals surface area (Å²) in [5.74, 6) is -0.588. The molecule has 4 unspecified atom stereocenters. The van der Waals surface area contributed by atoms with Gasteiger partial charge in [0.2, 0.25) is 5.91 Å². The number of aliphatic hydroxyl groups excluding tert-OH is 4. The van der Waals surface area contributed by atoms with Gasteiger partial charge < -0.3 is 25.7 Å². The summed E-state index contributed by atoms with van der Waals surface area (Å²) in [7, 11) is 0. The minimum atomic E-state index is -1.28. The number of aliphatic hydroxyl groups is 4. The molecule has 6 nitrogen and oxygen atoms in total. The summed E-state index contributed by atoms with van der Waals surface area (Å²) in [6, 6.07) is -0.997. The SMILES string of the molecule is CCCCCCCCCCCCCCCC/C=C/CCCC(O)C(O)C(CO)NC(=O)C(O)CCCCCCCCCCCCCCCCCCCCCCC. The zero-order valence-corrected chi connectivity index (χ0v) is 37.7. The van der Waals surface area contributed by atoms with Gasteiger partial charge in [0.25, 0.3) is 0 Å². The number of rotatable bonds is 46. The van der Waals surface area contributed by atoms with E-state index in [1.807, 2.05) is 0 Å². The van der Waals surface area contributed by atoms with Gasteiger partial charge in [-0.05, 0) is 38.5 Å². The maximum Gasteiger partial charge on any atom is 0.249 e. The number of hydrogen-bond donors (Lipinski definition) is 5. The third-order valence-electron chi connectivity index (χ3n) is 12.0. The van der Waals surface area contributed by atoms with Crippen molar-refractivity contribution in [1.29, 1.82) is 0 Å². The van der Waals surface area contributed by atoms with Crippen LogP contribution in [0.5, 0.6) is 0 Å². The zero-order chi connectivity index (χ0) is 41.0. The van der Waals surface area contributed by atoms with Crippen LogP contribution in [0.4, 0.5) is 0 Å². The first-order valence-corrected chi connectivity index (χ1v) is 25.1. The molecule has 0 bridgehead atoms. The molecule has 0 saturated carbocycles. The fourth-order valence-corrected chi connectivity index (χ4v) is 7.99. The molecule has 0 aromatic heterocycles. The topological polar surface area (TPSA) is 110 Å². The van der Waals surface area contributed by atoms with Gasteiger partial charge >= 0.3 is 0 Å². The van der Waals surface area contributed by atoms with Gasteiger partial charge in [-0.2, -0.15) is 0 Å². The molecule has 0 fully saturated rings. The van der Waals surface area contributed by atoms with Gasteiger partial charge in [0.05, 0.1) is 18.8 Å². The molecule has 0 aromatic rings. The Kier molecular flexibility index (Phi) is 44.4. The summed E-state index contributed by atoms with van der Waals surface area (Å²) in [6.07, 6.45) is 51.2. The second-order valence-corrected chi connectivity index (χ2v) is 17.5. The van der Waals surface area contributed by atoms with Crippen LogP contribution >= 0.6 is 0 Å². The lowest BCUT2D eigenvalue weighted by Crippen LogP contribution is -2.53. The van der Waals surface area contributed by atoms with Gasteiger partial charge in [0, 0.05) is 0 Å². The van der Waals surface area contributed by atoms with Crippen molar-refractivity contribution in [2.24, 2.45) is 0 Å². The standard InChI is InChI=1S/C50H99NO5/c1-3-5-7-9-11-13-15-17-19-21-23-24-26-28-30-32-34-36-38-40-42-44-48(54)50(56)51-46(45-52)49(55)47(53)43-41-39-37-35-33-31-29-27-25-22-20-18-16-14-12-10-8-6-4-2/h35,37,46-49,52-55H,3-34,36,38-45H2,1-2H3,(H,51,56)/b37-35+. The van der Waals surface area contributed by atoms with Crippen molar-refractivity contribution in [3.8, 4) is 0 Å². The van der Waals surface area contributed by atoms with Crippen LogP contribution in [0.25, 0.3) is 0 Å². The van der Waals surface area contributed by atoms with Crippen LogP contribution in [0, 0.1) is 0 Å². The second kappa shape index (κ2) is 45.1. The average molecular weight is 794 g/mol. The van der Waals surface area contributed by atoms with E-state index in [4.69, 9.17) is 0 Å². The highest BCUT2D eigenvalue weighted by Crippen LogP contribution is 2.17. The predicted molar refractivity (Wildman–Crippen MR) is 242 cm³/mol. The number of amides is 1. The lowest BCUT2D eigenvalue weighted by atomic mass is 10.00. The lowest BCUT2D eigenvalue weighted by molar-refractivity contribution is -0.132. The molecular formula is C50H99NO5. The highest BCUT2D eigenvalue weighted by molar-refractivity contribution is 5.80. The Balaban J connectivity index is 3.68. The Morgan fingerprint density at radius 2 is 0.732 bits per heavy atom. The van der Waals surface area contributed by atoms with Crippen molar-refractivity contribution in [3.05, 3.63) is 12.2 Å². The third kappa shape index (κ3) is 38.6. The maximum absolute atomic E-state index is 12.5. The molecule has 0 aromatic carbocycles. The molecule has 0 spiro atoms. The van der Waals surface area contributed by atoms with Crippen molar-refractivity contribution in [3.63, 3.8) is 0 Å². The molecule has 0 aliphatic rings. The van der Waals surface area contributed by atoms with Crippen LogP contribution in [-0.2, 0) is 4.79 Å². The number of carbonyl (C=O) groups is 1. The summed E-state index contributed by atoms with van der Waals surface area (Å²) >= 11 is 0. The molecule has 56 heavy (non-hydrogen) atoms. The fourth-order valence-electron chi connectivity index (χ4n) is 7.99. The summed E-state index contributed by atoms with van der Waals surface area (Å²) < 4.78 is 0. The van der Waals surface area contributed by atoms with E-state index in [9.17, 15) is 25.2 Å². The molecule has 0 rings (SSSR count). The first-order chi connectivity index (χ1) is 27.5. The van der Waals surface area contributed by atoms with Crippen molar-refractivity contribution in [2.75, 3.05) is 6.61 Å². The molecule has 0 saturated heterocycles. The molecule has 1 amide bonds. The van der Waals surface area contributed by atoms with Crippen LogP contribution in [0.3, 0.4) is 0 Å². The van der Waals surface area contributed by atoms with Crippen molar-refractivity contribution in [2.45, 2.75) is 295 Å². The number of nitrogens with one attached hydrogen (secondary N) is 1. The summed E-state index contributed by atoms with van der Waals surface area (Å²) in [4.78, 5) is 12.5. The summed E-state index contributed by atoms with van der Waals surface area (Å²) in [5.41, 5.74) is 0. The number of carbonyl (C=O) groups excluding carboxylic acids is 1. The Hall–Kier alpha value is -0.950. The normalized spacial score (nSPS) is 14.0. The van der Waals surface area contributed by atoms with Gasteiger partial charge in [0.1, 0.15) is 12.2 Å². The van der Waals surface area contributed by atoms with E-state index in [1.54, 1.807) is 0 Å². The fraction of sp³-hybridized carbons (Fsp3) is 0.940. The molecule has 334 valence electrons. The highest BCUT2D eigenvalue weighted by atomic mass is 16.3. The Labute approximate surface area is 349 Å². The van der Waals surface area contributed by atoms with E-state index in [1.165, 1.54) is 205 Å². The first-order valence-electron chi connectivity index (χ1n) is 25.1. The number of hydrogen-bond acceptors (Lipinski definition) is 5. The van der Waals surface area contributed by atoms with Crippen molar-refractivity contribution in [1.82, 2.24) is 5.32 Å². The van der Waals surface area contributed by atoms with E-state index in [0.29, 0.717) is 12.8 Å². The van der Waals surface area contributed by atoms with Crippen LogP contribution in [0.1, 0.15) is 271 Å². The second-order valence-electron chi connectivity index (χ2n) is 17.5. The number of unbranched alkanes of at least 4 members (excludes halogenated alkanes) is 35. The van der Waals surface area contributed by atoms with E-state index in [0.717, 1.165) is 38.5 Å². The van der Waals surface area contributed by atoms with Crippen molar-refractivity contribution < 1.29 is 25.2 Å². The smallest absolute Gasteiger partial charge is 0.249 e. The Morgan fingerprint density at radius 1 is 0.429 bits per heavy atom. The molecule has 0 heterocycles. The van der Waals surface area contributed by atoms with E-state index in [2.05, 4.69) is 31.3 Å². The summed E-state index contributed by atoms with van der Waals surface area (Å²) in [5, 5.41) is 43.8. The largest absolute Gasteiger partial charge is 0.394 e. The van der Waals surface area contributed by atoms with E-state index < -0.39 is 36.9 Å². The number of allylic oxidation sites excluding steroid dienone is 2. The maximum atomic E-state index is 12.5.